The summed E-state index contributed by atoms with van der Waals surface area (Å²) < 4.78 is 30.2. The van der Waals surface area contributed by atoms with Crippen molar-refractivity contribution >= 4 is 21.7 Å². The molecule has 1 aliphatic heterocycles. The van der Waals surface area contributed by atoms with Gasteiger partial charge in [-0.3, -0.25) is 0 Å². The zero-order chi connectivity index (χ0) is 17.4. The van der Waals surface area contributed by atoms with Crippen molar-refractivity contribution in [1.29, 1.82) is 0 Å². The molecule has 2 heterocycles. The number of nitrogens with zero attached hydrogens (tertiary/aromatic N) is 2. The van der Waals surface area contributed by atoms with Gasteiger partial charge in [-0.1, -0.05) is 28.1 Å². The zero-order valence-electron chi connectivity index (χ0n) is 13.4. The van der Waals surface area contributed by atoms with Crippen molar-refractivity contribution in [2.45, 2.75) is 19.3 Å². The Morgan fingerprint density at radius 2 is 1.96 bits per heavy atom. The van der Waals surface area contributed by atoms with Gasteiger partial charge in [-0.25, -0.2) is 13.5 Å². The predicted molar refractivity (Wildman–Crippen MR) is 98.0 cm³/mol. The van der Waals surface area contributed by atoms with Gasteiger partial charge >= 0.3 is 0 Å². The van der Waals surface area contributed by atoms with Gasteiger partial charge in [-0.15, -0.1) is 0 Å². The number of halogens is 3. The van der Waals surface area contributed by atoms with Gasteiger partial charge < -0.3 is 5.32 Å². The minimum Gasteiger partial charge on any atom is -0.370 e. The van der Waals surface area contributed by atoms with Crippen LogP contribution in [0.25, 0.3) is 16.9 Å². The van der Waals surface area contributed by atoms with E-state index in [9.17, 15) is 8.78 Å². The Morgan fingerprint density at radius 1 is 1.08 bits per heavy atom. The molecule has 0 atom stereocenters. The summed E-state index contributed by atoms with van der Waals surface area (Å²) in [4.78, 5) is 0. The summed E-state index contributed by atoms with van der Waals surface area (Å²) in [5.41, 5.74) is 3.11. The average molecular weight is 404 g/mol. The van der Waals surface area contributed by atoms with Crippen LogP contribution in [0.1, 0.15) is 18.4 Å². The number of rotatable bonds is 2. The molecule has 128 valence electrons. The topological polar surface area (TPSA) is 29.9 Å². The van der Waals surface area contributed by atoms with E-state index in [4.69, 9.17) is 0 Å². The van der Waals surface area contributed by atoms with Gasteiger partial charge in [0.2, 0.25) is 0 Å². The molecule has 1 aliphatic rings. The van der Waals surface area contributed by atoms with E-state index in [0.29, 0.717) is 0 Å². The smallest absolute Gasteiger partial charge is 0.151 e. The summed E-state index contributed by atoms with van der Waals surface area (Å²) in [6.07, 6.45) is 2.95. The largest absolute Gasteiger partial charge is 0.370 e. The van der Waals surface area contributed by atoms with Gasteiger partial charge in [0.25, 0.3) is 0 Å². The Balaban J connectivity index is 1.93. The summed E-state index contributed by atoms with van der Waals surface area (Å²) in [6.45, 7) is 0.805. The monoisotopic (exact) mass is 403 g/mol. The second-order valence-electron chi connectivity index (χ2n) is 6.08. The number of nitrogens with one attached hydrogen (secondary N) is 1. The van der Waals surface area contributed by atoms with Crippen molar-refractivity contribution in [3.8, 4) is 16.9 Å². The van der Waals surface area contributed by atoms with Crippen molar-refractivity contribution in [1.82, 2.24) is 9.78 Å². The SMILES string of the molecule is Fc1ccc(-n2nc(-c3cccc(Br)c3)c3c2NCCCC3)c(F)c1. The normalized spacial score (nSPS) is 13.9. The fraction of sp³-hybridized carbons (Fsp3) is 0.211. The van der Waals surface area contributed by atoms with Gasteiger partial charge in [0.05, 0.1) is 5.69 Å². The first-order valence-corrected chi connectivity index (χ1v) is 9.00. The van der Waals surface area contributed by atoms with Crippen molar-refractivity contribution in [3.05, 3.63) is 64.1 Å². The first-order chi connectivity index (χ1) is 12.1. The average Bonchev–Trinajstić information content (AvgIpc) is 2.77. The van der Waals surface area contributed by atoms with Crippen LogP contribution < -0.4 is 5.32 Å². The fourth-order valence-electron chi connectivity index (χ4n) is 3.20. The standard InChI is InChI=1S/C19H16BrF2N3/c20-13-5-3-4-12(10-13)18-15-6-1-2-9-23-19(15)25(24-18)17-8-7-14(21)11-16(17)22/h3-5,7-8,10-11,23H,1-2,6,9H2. The molecule has 2 aromatic carbocycles. The van der Waals surface area contributed by atoms with Crippen LogP contribution in [-0.4, -0.2) is 16.3 Å². The first-order valence-electron chi connectivity index (χ1n) is 8.20. The van der Waals surface area contributed by atoms with E-state index in [-0.39, 0.29) is 5.69 Å². The van der Waals surface area contributed by atoms with Gasteiger partial charge in [0.15, 0.2) is 5.82 Å². The van der Waals surface area contributed by atoms with Crippen molar-refractivity contribution in [2.75, 3.05) is 11.9 Å². The van der Waals surface area contributed by atoms with Crippen molar-refractivity contribution in [3.63, 3.8) is 0 Å². The highest BCUT2D eigenvalue weighted by atomic mass is 79.9. The summed E-state index contributed by atoms with van der Waals surface area (Å²) in [6, 6.07) is 11.5. The summed E-state index contributed by atoms with van der Waals surface area (Å²) in [5, 5.41) is 8.04. The highest BCUT2D eigenvalue weighted by Crippen LogP contribution is 2.35. The van der Waals surface area contributed by atoms with E-state index >= 15 is 0 Å². The lowest BCUT2D eigenvalue weighted by Crippen LogP contribution is -2.08. The minimum absolute atomic E-state index is 0.244. The molecular weight excluding hydrogens is 388 g/mol. The molecule has 0 saturated heterocycles. The maximum absolute atomic E-state index is 14.3. The lowest BCUT2D eigenvalue weighted by molar-refractivity contribution is 0.574. The predicted octanol–water partition coefficient (Wildman–Crippen LogP) is 5.33. The Labute approximate surface area is 152 Å². The maximum Gasteiger partial charge on any atom is 0.151 e. The van der Waals surface area contributed by atoms with E-state index < -0.39 is 11.6 Å². The second-order valence-corrected chi connectivity index (χ2v) is 6.99. The maximum atomic E-state index is 14.3. The minimum atomic E-state index is -0.628. The molecule has 1 N–H and O–H groups in total. The molecular formula is C19H16BrF2N3. The van der Waals surface area contributed by atoms with Gasteiger partial charge in [0, 0.05) is 28.2 Å². The van der Waals surface area contributed by atoms with Crippen LogP contribution in [-0.2, 0) is 6.42 Å². The molecule has 0 aliphatic carbocycles. The molecule has 0 saturated carbocycles. The lowest BCUT2D eigenvalue weighted by atomic mass is 10.0. The molecule has 25 heavy (non-hydrogen) atoms. The second kappa shape index (κ2) is 6.59. The van der Waals surface area contributed by atoms with Crippen LogP contribution in [0.3, 0.4) is 0 Å². The molecule has 4 rings (SSSR count). The highest BCUT2D eigenvalue weighted by Gasteiger charge is 2.23. The number of anilines is 1. The van der Waals surface area contributed by atoms with E-state index in [1.165, 1.54) is 12.1 Å². The van der Waals surface area contributed by atoms with Crippen LogP contribution in [0.15, 0.2) is 46.9 Å². The van der Waals surface area contributed by atoms with Crippen molar-refractivity contribution in [2.24, 2.45) is 0 Å². The molecule has 0 fully saturated rings. The van der Waals surface area contributed by atoms with Gasteiger partial charge in [-0.2, -0.15) is 5.10 Å². The molecule has 3 nitrogen and oxygen atoms in total. The van der Waals surface area contributed by atoms with E-state index in [1.54, 1.807) is 4.68 Å². The summed E-state index contributed by atoms with van der Waals surface area (Å²) in [7, 11) is 0. The third-order valence-corrected chi connectivity index (χ3v) is 4.86. The fourth-order valence-corrected chi connectivity index (χ4v) is 3.60. The molecule has 0 spiro atoms. The Morgan fingerprint density at radius 3 is 2.76 bits per heavy atom. The van der Waals surface area contributed by atoms with E-state index in [0.717, 1.165) is 59.0 Å². The van der Waals surface area contributed by atoms with E-state index in [2.05, 4.69) is 26.3 Å². The Kier molecular flexibility index (Phi) is 4.29. The van der Waals surface area contributed by atoms with Crippen molar-refractivity contribution < 1.29 is 8.78 Å². The number of hydrogen-bond acceptors (Lipinski definition) is 2. The molecule has 1 aromatic heterocycles. The number of benzene rings is 2. The first kappa shape index (κ1) is 16.3. The highest BCUT2D eigenvalue weighted by molar-refractivity contribution is 9.10. The molecule has 0 radical (unpaired) electrons. The number of hydrogen-bond donors (Lipinski definition) is 1. The van der Waals surface area contributed by atoms with Crippen LogP contribution in [0.5, 0.6) is 0 Å². The Bertz CT molecular complexity index is 936. The molecule has 0 amide bonds. The van der Waals surface area contributed by atoms with E-state index in [1.807, 2.05) is 24.3 Å². The van der Waals surface area contributed by atoms with Gasteiger partial charge in [-0.05, 0) is 43.5 Å². The third kappa shape index (κ3) is 3.06. The Hall–Kier alpha value is -2.21. The molecule has 0 bridgehead atoms. The molecule has 0 unspecified atom stereocenters. The molecule has 3 aromatic rings. The number of fused-ring (bicyclic) bond motifs is 1. The van der Waals surface area contributed by atoms with Crippen LogP contribution in [0.4, 0.5) is 14.6 Å². The van der Waals surface area contributed by atoms with Crippen LogP contribution >= 0.6 is 15.9 Å². The van der Waals surface area contributed by atoms with Crippen LogP contribution in [0.2, 0.25) is 0 Å². The lowest BCUT2D eigenvalue weighted by Gasteiger charge is -2.10. The van der Waals surface area contributed by atoms with Gasteiger partial charge in [0.1, 0.15) is 17.3 Å². The number of aromatic nitrogens is 2. The van der Waals surface area contributed by atoms with Crippen LogP contribution in [0, 0.1) is 11.6 Å². The molecule has 6 heteroatoms. The zero-order valence-corrected chi connectivity index (χ0v) is 15.0. The third-order valence-electron chi connectivity index (χ3n) is 4.37. The summed E-state index contributed by atoms with van der Waals surface area (Å²) in [5.74, 6) is -0.435. The summed E-state index contributed by atoms with van der Waals surface area (Å²) >= 11 is 3.49. The quantitative estimate of drug-likeness (QED) is 0.626.